The molecule has 3 nitrogen and oxygen atoms in total. The molecule has 0 unspecified atom stereocenters. The lowest BCUT2D eigenvalue weighted by Gasteiger charge is -2.01. The van der Waals surface area contributed by atoms with E-state index in [0.717, 1.165) is 11.3 Å². The lowest BCUT2D eigenvalue weighted by molar-refractivity contribution is 0.396. The molecule has 0 atom stereocenters. The van der Waals surface area contributed by atoms with Gasteiger partial charge in [-0.15, -0.1) is 0 Å². The molecular weight excluding hydrogens is 176 g/mol. The van der Waals surface area contributed by atoms with Crippen molar-refractivity contribution in [1.82, 2.24) is 9.97 Å². The number of hydrogen-bond acceptors (Lipinski definition) is 3. The maximum Gasteiger partial charge on any atom is 0.232 e. The molecule has 1 heterocycles. The minimum absolute atomic E-state index is 0.534. The van der Waals surface area contributed by atoms with Gasteiger partial charge in [0.2, 0.25) is 5.88 Å². The average Bonchev–Trinajstić information content (AvgIpc) is 2.30. The molecule has 1 aromatic carbocycles. The molecule has 0 saturated heterocycles. The molecule has 0 N–H and O–H groups in total. The summed E-state index contributed by atoms with van der Waals surface area (Å²) in [6, 6.07) is 9.89. The minimum Gasteiger partial charge on any atom is -0.480 e. The Balaban J connectivity index is 2.42. The molecule has 0 saturated carbocycles. The highest BCUT2D eigenvalue weighted by atomic mass is 16.5. The first-order valence-corrected chi connectivity index (χ1v) is 4.31. The van der Waals surface area contributed by atoms with Crippen LogP contribution in [0.25, 0.3) is 11.3 Å². The van der Waals surface area contributed by atoms with Crippen LogP contribution in [0.15, 0.2) is 42.7 Å². The second kappa shape index (κ2) is 3.87. The molecule has 2 rings (SSSR count). The van der Waals surface area contributed by atoms with E-state index in [2.05, 4.69) is 9.97 Å². The highest BCUT2D eigenvalue weighted by molar-refractivity contribution is 5.57. The Morgan fingerprint density at radius 3 is 2.57 bits per heavy atom. The highest BCUT2D eigenvalue weighted by Gasteiger charge is 2.00. The molecule has 0 amide bonds. The van der Waals surface area contributed by atoms with Gasteiger partial charge in [-0.2, -0.15) is 0 Å². The van der Waals surface area contributed by atoms with Crippen molar-refractivity contribution >= 4 is 0 Å². The Morgan fingerprint density at radius 1 is 1.07 bits per heavy atom. The smallest absolute Gasteiger partial charge is 0.232 e. The number of nitrogens with zero attached hydrogens (tertiary/aromatic N) is 2. The summed E-state index contributed by atoms with van der Waals surface area (Å²) in [5.74, 6) is 0.534. The summed E-state index contributed by atoms with van der Waals surface area (Å²) in [7, 11) is 1.58. The van der Waals surface area contributed by atoms with Crippen LogP contribution in [0.4, 0.5) is 0 Å². The van der Waals surface area contributed by atoms with Crippen LogP contribution in [-0.4, -0.2) is 17.1 Å². The summed E-state index contributed by atoms with van der Waals surface area (Å²) < 4.78 is 5.00. The molecule has 2 aromatic rings. The van der Waals surface area contributed by atoms with Crippen LogP contribution in [-0.2, 0) is 0 Å². The van der Waals surface area contributed by atoms with Crippen molar-refractivity contribution in [2.45, 2.75) is 0 Å². The number of hydrogen-bond donors (Lipinski definition) is 0. The molecule has 1 aromatic heterocycles. The SMILES string of the molecule is COc1cncc(-c2ccccc2)n1. The van der Waals surface area contributed by atoms with E-state index in [0.29, 0.717) is 5.88 Å². The maximum atomic E-state index is 5.00. The Hall–Kier alpha value is -1.90. The van der Waals surface area contributed by atoms with Crippen LogP contribution in [0.2, 0.25) is 0 Å². The number of aromatic nitrogens is 2. The fourth-order valence-electron chi connectivity index (χ4n) is 1.19. The summed E-state index contributed by atoms with van der Waals surface area (Å²) in [4.78, 5) is 8.32. The van der Waals surface area contributed by atoms with E-state index in [4.69, 9.17) is 4.74 Å². The third-order valence-electron chi connectivity index (χ3n) is 1.89. The van der Waals surface area contributed by atoms with E-state index in [9.17, 15) is 0 Å². The van der Waals surface area contributed by atoms with Crippen LogP contribution in [0.1, 0.15) is 0 Å². The van der Waals surface area contributed by atoms with Gasteiger partial charge in [0.05, 0.1) is 25.2 Å². The molecule has 0 bridgehead atoms. The lowest BCUT2D eigenvalue weighted by Crippen LogP contribution is -1.91. The van der Waals surface area contributed by atoms with Gasteiger partial charge in [-0.05, 0) is 0 Å². The Bertz CT molecular complexity index is 415. The van der Waals surface area contributed by atoms with Crippen molar-refractivity contribution < 1.29 is 4.74 Å². The second-order valence-electron chi connectivity index (χ2n) is 2.81. The molecule has 0 aliphatic heterocycles. The van der Waals surface area contributed by atoms with Gasteiger partial charge in [0, 0.05) is 5.56 Å². The number of ether oxygens (including phenoxy) is 1. The molecular formula is C11H10N2O. The third-order valence-corrected chi connectivity index (χ3v) is 1.89. The molecule has 0 radical (unpaired) electrons. The highest BCUT2D eigenvalue weighted by Crippen LogP contribution is 2.17. The molecule has 0 aliphatic carbocycles. The quantitative estimate of drug-likeness (QED) is 0.720. The number of rotatable bonds is 2. The van der Waals surface area contributed by atoms with Crippen LogP contribution >= 0.6 is 0 Å². The maximum absolute atomic E-state index is 5.00. The molecule has 0 aliphatic rings. The lowest BCUT2D eigenvalue weighted by atomic mass is 10.2. The van der Waals surface area contributed by atoms with E-state index in [1.54, 1.807) is 19.5 Å². The van der Waals surface area contributed by atoms with Crippen molar-refractivity contribution in [3.05, 3.63) is 42.7 Å². The standard InChI is InChI=1S/C11H10N2O/c1-14-11-8-12-7-10(13-11)9-5-3-2-4-6-9/h2-8H,1H3. The molecule has 0 fully saturated rings. The first-order valence-electron chi connectivity index (χ1n) is 4.31. The van der Waals surface area contributed by atoms with Crippen LogP contribution in [0, 0.1) is 0 Å². The predicted octanol–water partition coefficient (Wildman–Crippen LogP) is 2.15. The van der Waals surface area contributed by atoms with Gasteiger partial charge in [0.15, 0.2) is 0 Å². The van der Waals surface area contributed by atoms with E-state index in [1.807, 2.05) is 30.3 Å². The Labute approximate surface area is 82.4 Å². The largest absolute Gasteiger partial charge is 0.480 e. The summed E-state index contributed by atoms with van der Waals surface area (Å²) in [6.45, 7) is 0. The normalized spacial score (nSPS) is 9.79. The zero-order valence-corrected chi connectivity index (χ0v) is 7.84. The van der Waals surface area contributed by atoms with Gasteiger partial charge >= 0.3 is 0 Å². The van der Waals surface area contributed by atoms with Crippen molar-refractivity contribution in [2.75, 3.05) is 7.11 Å². The van der Waals surface area contributed by atoms with Crippen LogP contribution < -0.4 is 4.74 Å². The van der Waals surface area contributed by atoms with Gasteiger partial charge in [0.25, 0.3) is 0 Å². The van der Waals surface area contributed by atoms with Gasteiger partial charge in [-0.3, -0.25) is 4.98 Å². The van der Waals surface area contributed by atoms with Gasteiger partial charge in [0.1, 0.15) is 0 Å². The first kappa shape index (κ1) is 8.69. The van der Waals surface area contributed by atoms with E-state index in [-0.39, 0.29) is 0 Å². The zero-order valence-electron chi connectivity index (χ0n) is 7.84. The fraction of sp³-hybridized carbons (Fsp3) is 0.0909. The van der Waals surface area contributed by atoms with Gasteiger partial charge < -0.3 is 4.74 Å². The van der Waals surface area contributed by atoms with Crippen LogP contribution in [0.5, 0.6) is 5.88 Å². The Morgan fingerprint density at radius 2 is 1.86 bits per heavy atom. The molecule has 14 heavy (non-hydrogen) atoms. The zero-order chi connectivity index (χ0) is 9.80. The summed E-state index contributed by atoms with van der Waals surface area (Å²) in [6.07, 6.45) is 3.31. The van der Waals surface area contributed by atoms with Crippen molar-refractivity contribution in [2.24, 2.45) is 0 Å². The van der Waals surface area contributed by atoms with E-state index < -0.39 is 0 Å². The third kappa shape index (κ3) is 1.71. The van der Waals surface area contributed by atoms with E-state index in [1.165, 1.54) is 0 Å². The molecule has 3 heteroatoms. The predicted molar refractivity (Wildman–Crippen MR) is 54.0 cm³/mol. The van der Waals surface area contributed by atoms with Crippen molar-refractivity contribution in [1.29, 1.82) is 0 Å². The molecule has 70 valence electrons. The second-order valence-corrected chi connectivity index (χ2v) is 2.81. The van der Waals surface area contributed by atoms with Crippen LogP contribution in [0.3, 0.4) is 0 Å². The first-order chi connectivity index (χ1) is 6.90. The topological polar surface area (TPSA) is 35.0 Å². The average molecular weight is 186 g/mol. The van der Waals surface area contributed by atoms with Gasteiger partial charge in [-0.1, -0.05) is 30.3 Å². The van der Waals surface area contributed by atoms with Crippen molar-refractivity contribution in [3.63, 3.8) is 0 Å². The molecule has 0 spiro atoms. The van der Waals surface area contributed by atoms with Gasteiger partial charge in [-0.25, -0.2) is 4.98 Å². The number of benzene rings is 1. The van der Waals surface area contributed by atoms with Crippen molar-refractivity contribution in [3.8, 4) is 17.1 Å². The Kier molecular flexibility index (Phi) is 2.40. The minimum atomic E-state index is 0.534. The number of methoxy groups -OCH3 is 1. The summed E-state index contributed by atoms with van der Waals surface area (Å²) in [5, 5.41) is 0. The summed E-state index contributed by atoms with van der Waals surface area (Å²) in [5.41, 5.74) is 1.86. The van der Waals surface area contributed by atoms with E-state index >= 15 is 0 Å². The monoisotopic (exact) mass is 186 g/mol. The fourth-order valence-corrected chi connectivity index (χ4v) is 1.19. The summed E-state index contributed by atoms with van der Waals surface area (Å²) >= 11 is 0.